The van der Waals surface area contributed by atoms with Gasteiger partial charge in [0.1, 0.15) is 0 Å². The normalized spacial score (nSPS) is 14.3. The Hall–Kier alpha value is -3.65. The molecule has 0 radical (unpaired) electrons. The molecule has 1 aromatic heterocycles. The monoisotopic (exact) mass is 446 g/mol. The maximum atomic E-state index is 12.5. The lowest BCUT2D eigenvalue weighted by molar-refractivity contribution is -0.115. The van der Waals surface area contributed by atoms with Gasteiger partial charge in [0.05, 0.1) is 12.2 Å². The molecule has 3 aromatic rings. The molecule has 0 spiro atoms. The van der Waals surface area contributed by atoms with Crippen LogP contribution in [0.15, 0.2) is 67.0 Å². The second kappa shape index (κ2) is 10.3. The Labute approximate surface area is 194 Å². The van der Waals surface area contributed by atoms with E-state index in [1.54, 1.807) is 23.0 Å². The van der Waals surface area contributed by atoms with Crippen molar-refractivity contribution in [2.45, 2.75) is 19.9 Å². The predicted octanol–water partition coefficient (Wildman–Crippen LogP) is 2.77. The van der Waals surface area contributed by atoms with Crippen molar-refractivity contribution in [2.24, 2.45) is 0 Å². The van der Waals surface area contributed by atoms with E-state index in [-0.39, 0.29) is 18.4 Å². The zero-order valence-electron chi connectivity index (χ0n) is 19.1. The zero-order chi connectivity index (χ0) is 23.2. The molecular weight excluding hydrogens is 416 g/mol. The van der Waals surface area contributed by atoms with Crippen LogP contribution < -0.4 is 15.5 Å². The number of amides is 2. The highest BCUT2D eigenvalue weighted by Gasteiger charge is 2.19. The van der Waals surface area contributed by atoms with Gasteiger partial charge in [-0.1, -0.05) is 0 Å². The lowest BCUT2D eigenvalue weighted by atomic mass is 10.1. The first kappa shape index (κ1) is 22.5. The van der Waals surface area contributed by atoms with Crippen molar-refractivity contribution < 1.29 is 9.59 Å². The molecule has 2 heterocycles. The highest BCUT2D eigenvalue weighted by molar-refractivity contribution is 5.99. The van der Waals surface area contributed by atoms with Crippen molar-refractivity contribution in [3.63, 3.8) is 0 Å². The van der Waals surface area contributed by atoms with Crippen LogP contribution in [0, 0.1) is 0 Å². The Kier molecular flexibility index (Phi) is 7.04. The Balaban J connectivity index is 1.24. The third-order valence-corrected chi connectivity index (χ3v) is 5.87. The Morgan fingerprint density at radius 2 is 1.61 bits per heavy atom. The summed E-state index contributed by atoms with van der Waals surface area (Å²) in [5, 5.41) is 9.65. The van der Waals surface area contributed by atoms with Crippen LogP contribution in [0.5, 0.6) is 0 Å². The molecule has 0 saturated carbocycles. The summed E-state index contributed by atoms with van der Waals surface area (Å²) in [5.41, 5.74) is 3.21. The van der Waals surface area contributed by atoms with Crippen molar-refractivity contribution in [1.29, 1.82) is 0 Å². The summed E-state index contributed by atoms with van der Waals surface area (Å²) in [6.07, 6.45) is 3.56. The summed E-state index contributed by atoms with van der Waals surface area (Å²) in [5.74, 6) is -0.551. The summed E-state index contributed by atoms with van der Waals surface area (Å²) < 4.78 is 1.74. The molecule has 2 aromatic carbocycles. The Bertz CT molecular complexity index is 1050. The first-order chi connectivity index (χ1) is 16.0. The van der Waals surface area contributed by atoms with Crippen molar-refractivity contribution in [2.75, 3.05) is 42.9 Å². The van der Waals surface area contributed by atoms with E-state index in [1.165, 1.54) is 0 Å². The number of rotatable bonds is 7. The van der Waals surface area contributed by atoms with Gasteiger partial charge >= 0.3 is 0 Å². The van der Waals surface area contributed by atoms with Crippen molar-refractivity contribution in [3.05, 3.63) is 72.6 Å². The number of carbonyl (C=O) groups is 2. The molecule has 33 heavy (non-hydrogen) atoms. The quantitative estimate of drug-likeness (QED) is 0.583. The van der Waals surface area contributed by atoms with E-state index in [4.69, 9.17) is 0 Å². The third kappa shape index (κ3) is 5.78. The summed E-state index contributed by atoms with van der Waals surface area (Å²) in [6, 6.07) is 17.3. The molecule has 0 unspecified atom stereocenters. The first-order valence-electron chi connectivity index (χ1n) is 11.3. The number of nitrogens with zero attached hydrogens (tertiary/aromatic N) is 4. The lowest BCUT2D eigenvalue weighted by Crippen LogP contribution is -2.48. The third-order valence-electron chi connectivity index (χ3n) is 5.87. The average molecular weight is 447 g/mol. The number of nitrogens with one attached hydrogen (secondary N) is 2. The fourth-order valence-electron chi connectivity index (χ4n) is 3.91. The van der Waals surface area contributed by atoms with Gasteiger partial charge in [-0.25, -0.2) is 4.68 Å². The Morgan fingerprint density at radius 3 is 2.21 bits per heavy atom. The summed E-state index contributed by atoms with van der Waals surface area (Å²) in [4.78, 5) is 29.5. The molecule has 8 nitrogen and oxygen atoms in total. The maximum Gasteiger partial charge on any atom is 0.251 e. The minimum atomic E-state index is -0.283. The number of piperazine rings is 1. The standard InChI is InChI=1S/C25H30N6O2/c1-19(2)29-14-16-30(17-15-29)22-8-4-20(5-9-22)25(33)26-18-24(32)28-21-6-10-23(11-7-21)31-13-3-12-27-31/h3-13,19H,14-18H2,1-2H3,(H,26,33)(H,28,32). The second-order valence-electron chi connectivity index (χ2n) is 8.39. The summed E-state index contributed by atoms with van der Waals surface area (Å²) in [7, 11) is 0. The minimum Gasteiger partial charge on any atom is -0.369 e. The molecule has 8 heteroatoms. The lowest BCUT2D eigenvalue weighted by Gasteiger charge is -2.38. The first-order valence-corrected chi connectivity index (χ1v) is 11.3. The largest absolute Gasteiger partial charge is 0.369 e. The number of carbonyl (C=O) groups excluding carboxylic acids is 2. The van der Waals surface area contributed by atoms with Crippen molar-refractivity contribution >= 4 is 23.2 Å². The summed E-state index contributed by atoms with van der Waals surface area (Å²) in [6.45, 7) is 8.39. The second-order valence-corrected chi connectivity index (χ2v) is 8.39. The van der Waals surface area contributed by atoms with Gasteiger partial charge in [0.25, 0.3) is 5.91 Å². The van der Waals surface area contributed by atoms with Gasteiger partial charge in [-0.2, -0.15) is 5.10 Å². The van der Waals surface area contributed by atoms with Gasteiger partial charge in [-0.05, 0) is 68.4 Å². The van der Waals surface area contributed by atoms with Gasteiger partial charge in [0.15, 0.2) is 0 Å². The highest BCUT2D eigenvalue weighted by Crippen LogP contribution is 2.18. The fraction of sp³-hybridized carbons (Fsp3) is 0.320. The van der Waals surface area contributed by atoms with E-state index >= 15 is 0 Å². The van der Waals surface area contributed by atoms with Gasteiger partial charge < -0.3 is 15.5 Å². The number of aromatic nitrogens is 2. The molecule has 1 aliphatic heterocycles. The molecule has 2 N–H and O–H groups in total. The van der Waals surface area contributed by atoms with Crippen LogP contribution in [0.25, 0.3) is 5.69 Å². The van der Waals surface area contributed by atoms with E-state index in [0.717, 1.165) is 37.6 Å². The molecule has 2 amide bonds. The van der Waals surface area contributed by atoms with E-state index in [1.807, 2.05) is 48.7 Å². The maximum absolute atomic E-state index is 12.5. The molecule has 0 bridgehead atoms. The number of anilines is 2. The van der Waals surface area contributed by atoms with Crippen LogP contribution >= 0.6 is 0 Å². The number of hydrogen-bond acceptors (Lipinski definition) is 5. The van der Waals surface area contributed by atoms with E-state index in [9.17, 15) is 9.59 Å². The molecule has 1 fully saturated rings. The van der Waals surface area contributed by atoms with Gasteiger partial charge in [0.2, 0.25) is 5.91 Å². The number of hydrogen-bond donors (Lipinski definition) is 2. The molecule has 172 valence electrons. The van der Waals surface area contributed by atoms with Crippen LogP contribution in [-0.4, -0.2) is 65.3 Å². The smallest absolute Gasteiger partial charge is 0.251 e. The molecular formula is C25H30N6O2. The van der Waals surface area contributed by atoms with Crippen molar-refractivity contribution in [3.8, 4) is 5.69 Å². The average Bonchev–Trinajstić information content (AvgIpc) is 3.38. The van der Waals surface area contributed by atoms with Gasteiger partial charge in [0, 0.05) is 61.6 Å². The SMILES string of the molecule is CC(C)N1CCN(c2ccc(C(=O)NCC(=O)Nc3ccc(-n4cccn4)cc3)cc2)CC1. The van der Waals surface area contributed by atoms with Crippen LogP contribution in [-0.2, 0) is 4.79 Å². The minimum absolute atomic E-state index is 0.0986. The predicted molar refractivity (Wildman–Crippen MR) is 130 cm³/mol. The van der Waals surface area contributed by atoms with E-state index < -0.39 is 0 Å². The zero-order valence-corrected chi connectivity index (χ0v) is 19.1. The fourth-order valence-corrected chi connectivity index (χ4v) is 3.91. The molecule has 0 atom stereocenters. The highest BCUT2D eigenvalue weighted by atomic mass is 16.2. The van der Waals surface area contributed by atoms with Gasteiger partial charge in [-0.3, -0.25) is 14.5 Å². The molecule has 1 aliphatic rings. The van der Waals surface area contributed by atoms with Crippen LogP contribution in [0.1, 0.15) is 24.2 Å². The van der Waals surface area contributed by atoms with Crippen LogP contribution in [0.4, 0.5) is 11.4 Å². The van der Waals surface area contributed by atoms with Crippen LogP contribution in [0.3, 0.4) is 0 Å². The topological polar surface area (TPSA) is 82.5 Å². The van der Waals surface area contributed by atoms with E-state index in [2.05, 4.69) is 39.4 Å². The molecule has 0 aliphatic carbocycles. The Morgan fingerprint density at radius 1 is 0.939 bits per heavy atom. The van der Waals surface area contributed by atoms with Crippen molar-refractivity contribution in [1.82, 2.24) is 20.0 Å². The van der Waals surface area contributed by atoms with E-state index in [0.29, 0.717) is 17.3 Å². The summed E-state index contributed by atoms with van der Waals surface area (Å²) >= 11 is 0. The van der Waals surface area contributed by atoms with Crippen LogP contribution in [0.2, 0.25) is 0 Å². The number of benzene rings is 2. The molecule has 4 rings (SSSR count). The molecule has 1 saturated heterocycles. The van der Waals surface area contributed by atoms with Gasteiger partial charge in [-0.15, -0.1) is 0 Å².